The molecule has 92 valence electrons. The van der Waals surface area contributed by atoms with Gasteiger partial charge in [-0.2, -0.15) is 0 Å². The Kier molecular flexibility index (Phi) is 3.78. The van der Waals surface area contributed by atoms with E-state index < -0.39 is 0 Å². The maximum Gasteiger partial charge on any atom is 0.338 e. The smallest absolute Gasteiger partial charge is 0.338 e. The largest absolute Gasteiger partial charge is 0.465 e. The van der Waals surface area contributed by atoms with Gasteiger partial charge in [0.2, 0.25) is 0 Å². The van der Waals surface area contributed by atoms with E-state index in [1.165, 1.54) is 7.11 Å². The monoisotopic (exact) mass is 240 g/mol. The first-order valence-corrected chi connectivity index (χ1v) is 6.03. The van der Waals surface area contributed by atoms with Crippen molar-refractivity contribution in [2.24, 2.45) is 0 Å². The Labute approximate surface area is 107 Å². The zero-order valence-corrected chi connectivity index (χ0v) is 10.6. The highest BCUT2D eigenvalue weighted by Crippen LogP contribution is 2.27. The van der Waals surface area contributed by atoms with Crippen molar-refractivity contribution in [3.05, 3.63) is 59.7 Å². The number of methoxy groups -OCH3 is 1. The summed E-state index contributed by atoms with van der Waals surface area (Å²) in [6.45, 7) is 2.05. The van der Waals surface area contributed by atoms with Crippen LogP contribution in [0, 0.1) is 0 Å². The molecule has 0 aliphatic rings. The second-order valence-electron chi connectivity index (χ2n) is 4.04. The first-order valence-electron chi connectivity index (χ1n) is 6.03. The molecule has 0 aromatic heterocycles. The van der Waals surface area contributed by atoms with Crippen LogP contribution < -0.4 is 0 Å². The van der Waals surface area contributed by atoms with Crippen LogP contribution in [-0.2, 0) is 11.2 Å². The van der Waals surface area contributed by atoms with E-state index in [1.807, 2.05) is 43.3 Å². The van der Waals surface area contributed by atoms with Gasteiger partial charge in [0, 0.05) is 0 Å². The van der Waals surface area contributed by atoms with Gasteiger partial charge < -0.3 is 4.74 Å². The number of carbonyl (C=O) groups excluding carboxylic acids is 1. The number of rotatable bonds is 3. The minimum Gasteiger partial charge on any atom is -0.465 e. The molecule has 0 bridgehead atoms. The molecule has 0 saturated carbocycles. The molecule has 0 atom stereocenters. The van der Waals surface area contributed by atoms with Gasteiger partial charge >= 0.3 is 5.97 Å². The number of esters is 1. The summed E-state index contributed by atoms with van der Waals surface area (Å²) in [6, 6.07) is 15.8. The maximum atomic E-state index is 11.8. The van der Waals surface area contributed by atoms with Crippen LogP contribution in [0.2, 0.25) is 0 Å². The Balaban J connectivity index is 2.59. The van der Waals surface area contributed by atoms with Crippen molar-refractivity contribution in [1.82, 2.24) is 0 Å². The van der Waals surface area contributed by atoms with E-state index in [4.69, 9.17) is 4.74 Å². The molecule has 0 heterocycles. The SMILES string of the molecule is CCc1c(C(=O)OC)cccc1-c1ccccc1. The van der Waals surface area contributed by atoms with E-state index in [9.17, 15) is 4.79 Å². The van der Waals surface area contributed by atoms with Gasteiger partial charge in [-0.1, -0.05) is 49.4 Å². The van der Waals surface area contributed by atoms with E-state index in [1.54, 1.807) is 0 Å². The third-order valence-electron chi connectivity index (χ3n) is 3.02. The van der Waals surface area contributed by atoms with Crippen molar-refractivity contribution in [3.8, 4) is 11.1 Å². The van der Waals surface area contributed by atoms with Crippen LogP contribution in [0.5, 0.6) is 0 Å². The van der Waals surface area contributed by atoms with Crippen LogP contribution >= 0.6 is 0 Å². The minimum atomic E-state index is -0.273. The summed E-state index contributed by atoms with van der Waals surface area (Å²) in [5.74, 6) is -0.273. The van der Waals surface area contributed by atoms with Crippen molar-refractivity contribution in [2.75, 3.05) is 7.11 Å². The molecule has 0 saturated heterocycles. The minimum absolute atomic E-state index is 0.273. The van der Waals surface area contributed by atoms with Gasteiger partial charge in [0.05, 0.1) is 12.7 Å². The Morgan fingerprint density at radius 1 is 1.06 bits per heavy atom. The van der Waals surface area contributed by atoms with E-state index in [2.05, 4.69) is 12.1 Å². The summed E-state index contributed by atoms with van der Waals surface area (Å²) >= 11 is 0. The Morgan fingerprint density at radius 2 is 1.78 bits per heavy atom. The quantitative estimate of drug-likeness (QED) is 0.764. The molecular weight excluding hydrogens is 224 g/mol. The molecule has 0 radical (unpaired) electrons. The van der Waals surface area contributed by atoms with Crippen molar-refractivity contribution in [3.63, 3.8) is 0 Å². The average molecular weight is 240 g/mol. The van der Waals surface area contributed by atoms with E-state index in [0.29, 0.717) is 5.56 Å². The van der Waals surface area contributed by atoms with Crippen molar-refractivity contribution in [1.29, 1.82) is 0 Å². The van der Waals surface area contributed by atoms with Crippen molar-refractivity contribution < 1.29 is 9.53 Å². The number of hydrogen-bond acceptors (Lipinski definition) is 2. The van der Waals surface area contributed by atoms with Crippen LogP contribution in [0.15, 0.2) is 48.5 Å². The molecule has 2 heteroatoms. The van der Waals surface area contributed by atoms with Gasteiger partial charge in [0.25, 0.3) is 0 Å². The molecule has 2 nitrogen and oxygen atoms in total. The Hall–Kier alpha value is -2.09. The summed E-state index contributed by atoms with van der Waals surface area (Å²) in [4.78, 5) is 11.8. The summed E-state index contributed by atoms with van der Waals surface area (Å²) in [7, 11) is 1.41. The summed E-state index contributed by atoms with van der Waals surface area (Å²) < 4.78 is 4.83. The third kappa shape index (κ3) is 2.28. The molecule has 0 spiro atoms. The Bertz CT molecular complexity index is 544. The molecule has 2 aromatic carbocycles. The number of hydrogen-bond donors (Lipinski definition) is 0. The number of carbonyl (C=O) groups is 1. The molecule has 0 N–H and O–H groups in total. The molecular formula is C16H16O2. The lowest BCUT2D eigenvalue weighted by Crippen LogP contribution is -2.06. The maximum absolute atomic E-state index is 11.8. The molecule has 0 unspecified atom stereocenters. The van der Waals surface area contributed by atoms with Crippen LogP contribution in [0.25, 0.3) is 11.1 Å². The van der Waals surface area contributed by atoms with Crippen LogP contribution in [-0.4, -0.2) is 13.1 Å². The molecule has 18 heavy (non-hydrogen) atoms. The predicted molar refractivity (Wildman–Crippen MR) is 72.6 cm³/mol. The van der Waals surface area contributed by atoms with Crippen LogP contribution in [0.4, 0.5) is 0 Å². The van der Waals surface area contributed by atoms with Gasteiger partial charge in [-0.3, -0.25) is 0 Å². The zero-order chi connectivity index (χ0) is 13.0. The number of benzene rings is 2. The zero-order valence-electron chi connectivity index (χ0n) is 10.6. The summed E-state index contributed by atoms with van der Waals surface area (Å²) in [5.41, 5.74) is 3.91. The van der Waals surface area contributed by atoms with Crippen LogP contribution in [0.3, 0.4) is 0 Å². The molecule has 2 rings (SSSR count). The van der Waals surface area contributed by atoms with Gasteiger partial charge in [-0.15, -0.1) is 0 Å². The molecule has 0 fully saturated rings. The average Bonchev–Trinajstić information content (AvgIpc) is 2.46. The standard InChI is InChI=1S/C16H16O2/c1-3-13-14(12-8-5-4-6-9-12)10-7-11-15(13)16(17)18-2/h4-11H,3H2,1-2H3. The lowest BCUT2D eigenvalue weighted by Gasteiger charge is -2.12. The van der Waals surface area contributed by atoms with Gasteiger partial charge in [0.15, 0.2) is 0 Å². The summed E-state index contributed by atoms with van der Waals surface area (Å²) in [6.07, 6.45) is 0.801. The molecule has 0 amide bonds. The van der Waals surface area contributed by atoms with Gasteiger partial charge in [0.1, 0.15) is 0 Å². The number of ether oxygens (including phenoxy) is 1. The third-order valence-corrected chi connectivity index (χ3v) is 3.02. The second kappa shape index (κ2) is 5.50. The summed E-state index contributed by atoms with van der Waals surface area (Å²) in [5, 5.41) is 0. The first kappa shape index (κ1) is 12.4. The van der Waals surface area contributed by atoms with E-state index in [0.717, 1.165) is 23.1 Å². The van der Waals surface area contributed by atoms with Crippen LogP contribution in [0.1, 0.15) is 22.8 Å². The van der Waals surface area contributed by atoms with Gasteiger partial charge in [-0.05, 0) is 29.2 Å². The predicted octanol–water partition coefficient (Wildman–Crippen LogP) is 3.70. The fourth-order valence-corrected chi connectivity index (χ4v) is 2.16. The highest BCUT2D eigenvalue weighted by Gasteiger charge is 2.14. The topological polar surface area (TPSA) is 26.3 Å². The van der Waals surface area contributed by atoms with Gasteiger partial charge in [-0.25, -0.2) is 4.79 Å². The lowest BCUT2D eigenvalue weighted by atomic mass is 9.94. The highest BCUT2D eigenvalue weighted by molar-refractivity contribution is 5.93. The second-order valence-corrected chi connectivity index (χ2v) is 4.04. The normalized spacial score (nSPS) is 10.1. The van der Waals surface area contributed by atoms with E-state index >= 15 is 0 Å². The fraction of sp³-hybridized carbons (Fsp3) is 0.188. The lowest BCUT2D eigenvalue weighted by molar-refractivity contribution is 0.0599. The van der Waals surface area contributed by atoms with Crippen molar-refractivity contribution >= 4 is 5.97 Å². The Morgan fingerprint density at radius 3 is 2.39 bits per heavy atom. The fourth-order valence-electron chi connectivity index (χ4n) is 2.16. The first-order chi connectivity index (χ1) is 8.77. The molecule has 2 aromatic rings. The highest BCUT2D eigenvalue weighted by atomic mass is 16.5. The van der Waals surface area contributed by atoms with E-state index in [-0.39, 0.29) is 5.97 Å². The molecule has 0 aliphatic carbocycles. The molecule has 0 aliphatic heterocycles. The van der Waals surface area contributed by atoms with Crippen molar-refractivity contribution in [2.45, 2.75) is 13.3 Å².